The van der Waals surface area contributed by atoms with Gasteiger partial charge in [0.1, 0.15) is 6.61 Å². The van der Waals surface area contributed by atoms with Gasteiger partial charge in [0.05, 0.1) is 11.8 Å². The maximum atomic E-state index is 12.0. The molecule has 1 fully saturated rings. The van der Waals surface area contributed by atoms with E-state index in [0.717, 1.165) is 5.56 Å². The van der Waals surface area contributed by atoms with Gasteiger partial charge >= 0.3 is 18.0 Å². The van der Waals surface area contributed by atoms with Crippen LogP contribution in [0, 0.1) is 5.41 Å². The van der Waals surface area contributed by atoms with E-state index in [1.54, 1.807) is 0 Å². The monoisotopic (exact) mass is 307 g/mol. The highest BCUT2D eigenvalue weighted by Gasteiger charge is 2.48. The highest BCUT2D eigenvalue weighted by atomic mass is 16.6. The molecule has 1 aliphatic rings. The van der Waals surface area contributed by atoms with Gasteiger partial charge < -0.3 is 19.8 Å². The number of carbonyl (C=O) groups is 3. The summed E-state index contributed by atoms with van der Waals surface area (Å²) in [6.07, 6.45) is -1.03. The number of carbonyl (C=O) groups excluding carboxylic acids is 1. The summed E-state index contributed by atoms with van der Waals surface area (Å²) < 4.78 is 5.14. The molecule has 2 rings (SSSR count). The van der Waals surface area contributed by atoms with Gasteiger partial charge in [-0.15, -0.1) is 0 Å². The van der Waals surface area contributed by atoms with Crippen LogP contribution in [0.4, 0.5) is 4.79 Å². The van der Waals surface area contributed by atoms with Gasteiger partial charge in [-0.2, -0.15) is 0 Å². The standard InChI is InChI=1S/C15H17NO6/c17-12(18)8-15(13(19)20)6-7-16(10-15)14(21)22-9-11-4-2-1-3-5-11/h1-5H,6-10H2,(H,17,18)(H,19,20)/t15-/m1/s1. The first-order chi connectivity index (χ1) is 10.4. The number of benzene rings is 1. The molecular weight excluding hydrogens is 290 g/mol. The second-order valence-corrected chi connectivity index (χ2v) is 5.37. The molecule has 1 aliphatic heterocycles. The minimum absolute atomic E-state index is 0.0924. The van der Waals surface area contributed by atoms with E-state index in [-0.39, 0.29) is 26.1 Å². The third-order valence-electron chi connectivity index (χ3n) is 3.76. The smallest absolute Gasteiger partial charge is 0.410 e. The highest BCUT2D eigenvalue weighted by Crippen LogP contribution is 2.34. The highest BCUT2D eigenvalue weighted by molar-refractivity contribution is 5.83. The topological polar surface area (TPSA) is 104 Å². The molecule has 0 radical (unpaired) electrons. The first-order valence-corrected chi connectivity index (χ1v) is 6.84. The average molecular weight is 307 g/mol. The summed E-state index contributed by atoms with van der Waals surface area (Å²) in [6, 6.07) is 9.11. The van der Waals surface area contributed by atoms with Crippen molar-refractivity contribution in [3.63, 3.8) is 0 Å². The number of amides is 1. The second kappa shape index (κ2) is 6.46. The van der Waals surface area contributed by atoms with Gasteiger partial charge in [0.15, 0.2) is 0 Å². The number of likely N-dealkylation sites (tertiary alicyclic amines) is 1. The lowest BCUT2D eigenvalue weighted by Crippen LogP contribution is -2.38. The van der Waals surface area contributed by atoms with E-state index in [0.29, 0.717) is 0 Å². The second-order valence-electron chi connectivity index (χ2n) is 5.37. The van der Waals surface area contributed by atoms with Crippen molar-refractivity contribution in [3.05, 3.63) is 35.9 Å². The fraction of sp³-hybridized carbons (Fsp3) is 0.400. The summed E-state index contributed by atoms with van der Waals surface area (Å²) in [4.78, 5) is 35.4. The number of hydrogen-bond acceptors (Lipinski definition) is 4. The van der Waals surface area contributed by atoms with Crippen molar-refractivity contribution in [2.75, 3.05) is 13.1 Å². The Kier molecular flexibility index (Phi) is 4.65. The lowest BCUT2D eigenvalue weighted by Gasteiger charge is -2.22. The van der Waals surface area contributed by atoms with Crippen LogP contribution in [0.25, 0.3) is 0 Å². The number of rotatable bonds is 5. The third kappa shape index (κ3) is 3.55. The van der Waals surface area contributed by atoms with Gasteiger partial charge in [0.2, 0.25) is 0 Å². The Morgan fingerprint density at radius 3 is 2.45 bits per heavy atom. The summed E-state index contributed by atoms with van der Waals surface area (Å²) >= 11 is 0. The van der Waals surface area contributed by atoms with Crippen molar-refractivity contribution in [2.24, 2.45) is 5.41 Å². The van der Waals surface area contributed by atoms with E-state index >= 15 is 0 Å². The number of hydrogen-bond donors (Lipinski definition) is 2. The predicted octanol–water partition coefficient (Wildman–Crippen LogP) is 1.57. The molecule has 22 heavy (non-hydrogen) atoms. The van der Waals surface area contributed by atoms with Gasteiger partial charge in [-0.25, -0.2) is 4.79 Å². The quantitative estimate of drug-likeness (QED) is 0.855. The molecule has 7 heteroatoms. The number of aliphatic carboxylic acids is 2. The molecule has 1 aromatic carbocycles. The van der Waals surface area contributed by atoms with E-state index in [1.165, 1.54) is 4.90 Å². The minimum atomic E-state index is -1.43. The molecule has 0 bridgehead atoms. The average Bonchev–Trinajstić information content (AvgIpc) is 2.91. The fourth-order valence-electron chi connectivity index (χ4n) is 2.52. The van der Waals surface area contributed by atoms with Crippen molar-refractivity contribution in [2.45, 2.75) is 19.4 Å². The molecule has 0 aromatic heterocycles. The molecule has 0 saturated carbocycles. The summed E-state index contributed by atoms with van der Waals surface area (Å²) in [6.45, 7) is 0.116. The molecule has 0 spiro atoms. The molecule has 1 saturated heterocycles. The summed E-state index contributed by atoms with van der Waals surface area (Å²) in [5.74, 6) is -2.39. The van der Waals surface area contributed by atoms with Crippen molar-refractivity contribution < 1.29 is 29.3 Å². The summed E-state index contributed by atoms with van der Waals surface area (Å²) in [5, 5.41) is 18.1. The lowest BCUT2D eigenvalue weighted by atomic mass is 9.84. The van der Waals surface area contributed by atoms with Crippen LogP contribution in [0.3, 0.4) is 0 Å². The molecule has 2 N–H and O–H groups in total. The first kappa shape index (κ1) is 15.8. The van der Waals surface area contributed by atoms with E-state index in [4.69, 9.17) is 9.84 Å². The van der Waals surface area contributed by atoms with Crippen LogP contribution < -0.4 is 0 Å². The molecule has 7 nitrogen and oxygen atoms in total. The molecule has 1 aromatic rings. The van der Waals surface area contributed by atoms with Gasteiger partial charge in [-0.05, 0) is 12.0 Å². The minimum Gasteiger partial charge on any atom is -0.481 e. The lowest BCUT2D eigenvalue weighted by molar-refractivity contribution is -0.154. The Hall–Kier alpha value is -2.57. The van der Waals surface area contributed by atoms with Gasteiger partial charge in [0.25, 0.3) is 0 Å². The van der Waals surface area contributed by atoms with Crippen LogP contribution in [0.15, 0.2) is 30.3 Å². The maximum Gasteiger partial charge on any atom is 0.410 e. The zero-order valence-corrected chi connectivity index (χ0v) is 11.9. The summed E-state index contributed by atoms with van der Waals surface area (Å²) in [7, 11) is 0. The largest absolute Gasteiger partial charge is 0.481 e. The van der Waals surface area contributed by atoms with Crippen LogP contribution in [-0.2, 0) is 20.9 Å². The third-order valence-corrected chi connectivity index (χ3v) is 3.76. The van der Waals surface area contributed by atoms with Crippen LogP contribution in [0.2, 0.25) is 0 Å². The van der Waals surface area contributed by atoms with E-state index in [1.807, 2.05) is 30.3 Å². The van der Waals surface area contributed by atoms with Crippen molar-refractivity contribution in [3.8, 4) is 0 Å². The Morgan fingerprint density at radius 2 is 1.86 bits per heavy atom. The van der Waals surface area contributed by atoms with E-state index in [9.17, 15) is 19.5 Å². The first-order valence-electron chi connectivity index (χ1n) is 6.84. The van der Waals surface area contributed by atoms with Crippen molar-refractivity contribution >= 4 is 18.0 Å². The Labute approximate surface area is 127 Å². The predicted molar refractivity (Wildman–Crippen MR) is 75.1 cm³/mol. The van der Waals surface area contributed by atoms with Crippen LogP contribution >= 0.6 is 0 Å². The molecule has 1 amide bonds. The molecule has 0 aliphatic carbocycles. The van der Waals surface area contributed by atoms with Crippen LogP contribution in [0.1, 0.15) is 18.4 Å². The maximum absolute atomic E-state index is 12.0. The Morgan fingerprint density at radius 1 is 1.18 bits per heavy atom. The number of nitrogens with zero attached hydrogens (tertiary/aromatic N) is 1. The molecule has 0 unspecified atom stereocenters. The number of ether oxygens (including phenoxy) is 1. The zero-order valence-electron chi connectivity index (χ0n) is 11.9. The Balaban J connectivity index is 1.95. The zero-order chi connectivity index (χ0) is 16.2. The SMILES string of the molecule is O=C(O)C[C@]1(C(=O)O)CCN(C(=O)OCc2ccccc2)C1. The Bertz CT molecular complexity index is 573. The normalized spacial score (nSPS) is 20.6. The fourth-order valence-corrected chi connectivity index (χ4v) is 2.52. The molecule has 1 heterocycles. The molecule has 1 atom stereocenters. The molecule has 118 valence electrons. The van der Waals surface area contributed by atoms with Crippen molar-refractivity contribution in [1.29, 1.82) is 0 Å². The van der Waals surface area contributed by atoms with Gasteiger partial charge in [0, 0.05) is 13.1 Å². The summed E-state index contributed by atoms with van der Waals surface area (Å²) in [5.41, 5.74) is -0.609. The number of carboxylic acids is 2. The van der Waals surface area contributed by atoms with Crippen LogP contribution in [-0.4, -0.2) is 46.2 Å². The van der Waals surface area contributed by atoms with Crippen LogP contribution in [0.5, 0.6) is 0 Å². The van der Waals surface area contributed by atoms with Gasteiger partial charge in [-0.1, -0.05) is 30.3 Å². The van der Waals surface area contributed by atoms with E-state index < -0.39 is 29.9 Å². The van der Waals surface area contributed by atoms with Gasteiger partial charge in [-0.3, -0.25) is 9.59 Å². The van der Waals surface area contributed by atoms with Crippen molar-refractivity contribution in [1.82, 2.24) is 4.90 Å². The number of carboxylic acid groups (broad SMARTS) is 2. The van der Waals surface area contributed by atoms with E-state index in [2.05, 4.69) is 0 Å². The molecular formula is C15H17NO6.